The van der Waals surface area contributed by atoms with Crippen molar-refractivity contribution in [3.63, 3.8) is 0 Å². The molecule has 0 saturated carbocycles. The highest BCUT2D eigenvalue weighted by atomic mass is 32.1. The van der Waals surface area contributed by atoms with Crippen LogP contribution in [-0.4, -0.2) is 16.6 Å². The van der Waals surface area contributed by atoms with Gasteiger partial charge in [0.1, 0.15) is 0 Å². The number of hydrogen-bond acceptors (Lipinski definition) is 3. The highest BCUT2D eigenvalue weighted by Crippen LogP contribution is 2.45. The molecular weight excluding hydrogens is 312 g/mol. The second kappa shape index (κ2) is 5.74. The van der Waals surface area contributed by atoms with Gasteiger partial charge >= 0.3 is 0 Å². The Hall–Kier alpha value is -0.266. The Balaban J connectivity index is 2.99. The van der Waals surface area contributed by atoms with Gasteiger partial charge in [0, 0.05) is 0 Å². The third kappa shape index (κ3) is 4.36. The lowest BCUT2D eigenvalue weighted by molar-refractivity contribution is 0.450. The molecule has 1 rings (SSSR count). The van der Waals surface area contributed by atoms with Gasteiger partial charge in [0.05, 0.1) is 0 Å². The summed E-state index contributed by atoms with van der Waals surface area (Å²) in [5.74, 6) is 0.941. The first-order valence-corrected chi connectivity index (χ1v) is 14.3. The molecule has 0 fully saturated rings. The van der Waals surface area contributed by atoms with Crippen LogP contribution in [0.25, 0.3) is 0 Å². The second-order valence-corrected chi connectivity index (χ2v) is 19.1. The second-order valence-electron chi connectivity index (χ2n) is 8.80. The molecule has 1 aromatic rings. The lowest BCUT2D eigenvalue weighted by Crippen LogP contribution is -2.45. The molecule has 0 amide bonds. The number of thiophene rings is 1. The summed E-state index contributed by atoms with van der Waals surface area (Å²) in [5.41, 5.74) is 0. The van der Waals surface area contributed by atoms with Crippen LogP contribution < -0.4 is 8.85 Å². The van der Waals surface area contributed by atoms with E-state index in [1.54, 1.807) is 11.3 Å². The SMILES string of the molecule is CC(C)(C)[Si](C)(C)Oc1ccsc1O[Si](C)(C)C(C)(C)C. The predicted octanol–water partition coefficient (Wildman–Crippen LogP) is 6.52. The van der Waals surface area contributed by atoms with Crippen molar-refractivity contribution >= 4 is 28.0 Å². The van der Waals surface area contributed by atoms with Crippen molar-refractivity contribution < 1.29 is 8.85 Å². The van der Waals surface area contributed by atoms with E-state index in [1.165, 1.54) is 0 Å². The Morgan fingerprint density at radius 1 is 0.810 bits per heavy atom. The first-order chi connectivity index (χ1) is 9.17. The maximum absolute atomic E-state index is 6.45. The summed E-state index contributed by atoms with van der Waals surface area (Å²) >= 11 is 1.65. The van der Waals surface area contributed by atoms with E-state index in [1.807, 2.05) is 0 Å². The lowest BCUT2D eigenvalue weighted by atomic mass is 10.2. The molecule has 0 saturated heterocycles. The predicted molar refractivity (Wildman–Crippen MR) is 100.0 cm³/mol. The summed E-state index contributed by atoms with van der Waals surface area (Å²) in [5, 5.41) is 3.44. The Morgan fingerprint density at radius 2 is 1.24 bits per heavy atom. The minimum Gasteiger partial charge on any atom is -0.540 e. The van der Waals surface area contributed by atoms with Crippen LogP contribution in [-0.2, 0) is 0 Å². The average Bonchev–Trinajstić information content (AvgIpc) is 2.60. The van der Waals surface area contributed by atoms with Crippen LogP contribution in [0.2, 0.25) is 36.3 Å². The first kappa shape index (κ1) is 18.8. The minimum atomic E-state index is -1.82. The van der Waals surface area contributed by atoms with E-state index in [-0.39, 0.29) is 10.1 Å². The van der Waals surface area contributed by atoms with Crippen molar-refractivity contribution in [2.75, 3.05) is 0 Å². The fourth-order valence-corrected chi connectivity index (χ4v) is 4.57. The maximum atomic E-state index is 6.45. The number of hydrogen-bond donors (Lipinski definition) is 0. The molecule has 0 aromatic carbocycles. The Labute approximate surface area is 137 Å². The van der Waals surface area contributed by atoms with E-state index in [0.29, 0.717) is 0 Å². The van der Waals surface area contributed by atoms with Gasteiger partial charge in [-0.15, -0.1) is 11.3 Å². The van der Waals surface area contributed by atoms with Gasteiger partial charge in [-0.25, -0.2) is 0 Å². The molecule has 0 aliphatic heterocycles. The molecular formula is C16H32O2SSi2. The molecule has 0 spiro atoms. The summed E-state index contributed by atoms with van der Waals surface area (Å²) < 4.78 is 12.9. The Kier molecular flexibility index (Phi) is 5.13. The van der Waals surface area contributed by atoms with E-state index in [9.17, 15) is 0 Å². The zero-order chi connectivity index (χ0) is 16.7. The van der Waals surface area contributed by atoms with Crippen LogP contribution in [0.4, 0.5) is 0 Å². The molecule has 2 nitrogen and oxygen atoms in total. The summed E-state index contributed by atoms with van der Waals surface area (Å²) in [6, 6.07) is 2.06. The molecule has 0 aliphatic carbocycles. The van der Waals surface area contributed by atoms with Crippen LogP contribution in [0.15, 0.2) is 11.4 Å². The van der Waals surface area contributed by atoms with Gasteiger partial charge in [-0.2, -0.15) is 0 Å². The van der Waals surface area contributed by atoms with Crippen molar-refractivity contribution in [3.05, 3.63) is 11.4 Å². The highest BCUT2D eigenvalue weighted by molar-refractivity contribution is 7.12. The van der Waals surface area contributed by atoms with Gasteiger partial charge in [-0.3, -0.25) is 0 Å². The largest absolute Gasteiger partial charge is 0.540 e. The lowest BCUT2D eigenvalue weighted by Gasteiger charge is -2.38. The van der Waals surface area contributed by atoms with Gasteiger partial charge in [0.25, 0.3) is 16.6 Å². The molecule has 0 radical (unpaired) electrons. The van der Waals surface area contributed by atoms with E-state index < -0.39 is 16.6 Å². The molecule has 1 aromatic heterocycles. The minimum absolute atomic E-state index is 0.198. The molecule has 0 N–H and O–H groups in total. The molecule has 5 heteroatoms. The van der Waals surface area contributed by atoms with Crippen molar-refractivity contribution in [2.45, 2.75) is 77.8 Å². The summed E-state index contributed by atoms with van der Waals surface area (Å²) in [4.78, 5) is 0. The van der Waals surface area contributed by atoms with Crippen LogP contribution in [0.5, 0.6) is 10.8 Å². The third-order valence-corrected chi connectivity index (χ3v) is 14.5. The Bertz CT molecular complexity index is 437. The first-order valence-electron chi connectivity index (χ1n) is 7.63. The standard InChI is InChI=1S/C16H32O2SSi2/c1-15(2,3)20(7,8)17-13-11-12-19-14(13)18-21(9,10)16(4,5)6/h11-12H,1-10H3. The van der Waals surface area contributed by atoms with Gasteiger partial charge in [-0.1, -0.05) is 41.5 Å². The summed E-state index contributed by atoms with van der Waals surface area (Å²) in [6.07, 6.45) is 0. The van der Waals surface area contributed by atoms with Crippen LogP contribution in [0.1, 0.15) is 41.5 Å². The van der Waals surface area contributed by atoms with E-state index in [0.717, 1.165) is 10.8 Å². The van der Waals surface area contributed by atoms with Crippen molar-refractivity contribution in [3.8, 4) is 10.8 Å². The monoisotopic (exact) mass is 344 g/mol. The molecule has 1 heterocycles. The van der Waals surface area contributed by atoms with E-state index in [2.05, 4.69) is 79.2 Å². The normalized spacial score (nSPS) is 14.2. The van der Waals surface area contributed by atoms with Crippen LogP contribution in [0, 0.1) is 0 Å². The number of rotatable bonds is 4. The molecule has 0 unspecified atom stereocenters. The zero-order valence-electron chi connectivity index (χ0n) is 15.4. The summed E-state index contributed by atoms with van der Waals surface area (Å²) in [6.45, 7) is 22.7. The smallest absolute Gasteiger partial charge is 0.251 e. The van der Waals surface area contributed by atoms with E-state index in [4.69, 9.17) is 8.85 Å². The summed E-state index contributed by atoms with van der Waals surface area (Å²) in [7, 11) is -3.64. The maximum Gasteiger partial charge on any atom is 0.251 e. The van der Waals surface area contributed by atoms with Gasteiger partial charge in [-0.05, 0) is 47.7 Å². The molecule has 0 atom stereocenters. The molecule has 0 aliphatic rings. The van der Waals surface area contributed by atoms with E-state index >= 15 is 0 Å². The van der Waals surface area contributed by atoms with Crippen LogP contribution >= 0.6 is 11.3 Å². The van der Waals surface area contributed by atoms with Gasteiger partial charge < -0.3 is 8.85 Å². The highest BCUT2D eigenvalue weighted by Gasteiger charge is 2.42. The topological polar surface area (TPSA) is 18.5 Å². The van der Waals surface area contributed by atoms with Crippen molar-refractivity contribution in [1.29, 1.82) is 0 Å². The molecule has 122 valence electrons. The Morgan fingerprint density at radius 3 is 1.67 bits per heavy atom. The molecule has 21 heavy (non-hydrogen) atoms. The third-order valence-electron chi connectivity index (χ3n) is 4.92. The average molecular weight is 345 g/mol. The molecule has 0 bridgehead atoms. The van der Waals surface area contributed by atoms with Crippen LogP contribution in [0.3, 0.4) is 0 Å². The van der Waals surface area contributed by atoms with Gasteiger partial charge in [0.2, 0.25) is 5.06 Å². The quantitative estimate of drug-likeness (QED) is 0.579. The van der Waals surface area contributed by atoms with Gasteiger partial charge in [0.15, 0.2) is 5.75 Å². The zero-order valence-corrected chi connectivity index (χ0v) is 18.2. The fraction of sp³-hybridized carbons (Fsp3) is 0.750. The fourth-order valence-electron chi connectivity index (χ4n) is 1.25. The van der Waals surface area contributed by atoms with Crippen molar-refractivity contribution in [1.82, 2.24) is 0 Å². The van der Waals surface area contributed by atoms with Crippen molar-refractivity contribution in [2.24, 2.45) is 0 Å².